The summed E-state index contributed by atoms with van der Waals surface area (Å²) in [5.74, 6) is -0.353. The van der Waals surface area contributed by atoms with Gasteiger partial charge in [0.05, 0.1) is 0 Å². The molecule has 19 heavy (non-hydrogen) atoms. The van der Waals surface area contributed by atoms with Crippen molar-refractivity contribution < 1.29 is 14.0 Å². The highest BCUT2D eigenvalue weighted by Crippen LogP contribution is 2.28. The van der Waals surface area contributed by atoms with Crippen LogP contribution in [0.2, 0.25) is 0 Å². The Labute approximate surface area is 110 Å². The molecular formula is C14H14N2O3. The zero-order valence-corrected chi connectivity index (χ0v) is 10.7. The average Bonchev–Trinajstić information content (AvgIpc) is 2.81. The van der Waals surface area contributed by atoms with Gasteiger partial charge in [-0.15, -0.1) is 0 Å². The van der Waals surface area contributed by atoms with Gasteiger partial charge in [-0.05, 0) is 30.7 Å². The third-order valence-corrected chi connectivity index (χ3v) is 2.76. The molecule has 0 aliphatic rings. The molecule has 0 radical (unpaired) electrons. The monoisotopic (exact) mass is 258 g/mol. The molecule has 98 valence electrons. The van der Waals surface area contributed by atoms with Crippen LogP contribution in [0.1, 0.15) is 23.0 Å². The number of anilines is 1. The second kappa shape index (κ2) is 4.97. The van der Waals surface area contributed by atoms with Gasteiger partial charge in [-0.1, -0.05) is 12.1 Å². The highest BCUT2D eigenvalue weighted by molar-refractivity contribution is 6.02. The Kier molecular flexibility index (Phi) is 3.37. The second-order valence-corrected chi connectivity index (χ2v) is 4.19. The topological polar surface area (TPSA) is 85.3 Å². The number of hydrogen-bond acceptors (Lipinski definition) is 4. The number of nitrogens with one attached hydrogen (secondary N) is 1. The lowest BCUT2D eigenvalue weighted by Gasteiger charge is -2.05. The SMILES string of the molecule is CC(=O)NC(=O)c1ccc(-c2cccc(N)c2C)o1. The lowest BCUT2D eigenvalue weighted by Crippen LogP contribution is -2.27. The number of hydrogen-bond donors (Lipinski definition) is 2. The molecule has 0 spiro atoms. The maximum absolute atomic E-state index is 11.6. The van der Waals surface area contributed by atoms with E-state index >= 15 is 0 Å². The summed E-state index contributed by atoms with van der Waals surface area (Å²) in [7, 11) is 0. The number of benzene rings is 1. The van der Waals surface area contributed by atoms with Gasteiger partial charge in [0.25, 0.3) is 5.91 Å². The van der Waals surface area contributed by atoms with E-state index in [0.29, 0.717) is 11.4 Å². The number of nitrogens with two attached hydrogens (primary N) is 1. The van der Waals surface area contributed by atoms with Crippen LogP contribution in [0.25, 0.3) is 11.3 Å². The molecule has 0 aliphatic heterocycles. The lowest BCUT2D eigenvalue weighted by molar-refractivity contribution is -0.118. The molecule has 1 heterocycles. The van der Waals surface area contributed by atoms with Crippen molar-refractivity contribution in [3.05, 3.63) is 41.7 Å². The number of carbonyl (C=O) groups excluding carboxylic acids is 2. The van der Waals surface area contributed by atoms with Crippen molar-refractivity contribution in [3.63, 3.8) is 0 Å². The number of carbonyl (C=O) groups is 2. The summed E-state index contributed by atoms with van der Waals surface area (Å²) < 4.78 is 5.45. The molecule has 1 aromatic carbocycles. The van der Waals surface area contributed by atoms with E-state index in [1.54, 1.807) is 12.1 Å². The molecule has 0 aliphatic carbocycles. The Bertz CT molecular complexity index is 644. The summed E-state index contributed by atoms with van der Waals surface area (Å²) in [4.78, 5) is 22.4. The lowest BCUT2D eigenvalue weighted by atomic mass is 10.1. The first kappa shape index (κ1) is 12.9. The average molecular weight is 258 g/mol. The van der Waals surface area contributed by atoms with Crippen LogP contribution in [-0.2, 0) is 4.79 Å². The van der Waals surface area contributed by atoms with Crippen LogP contribution in [-0.4, -0.2) is 11.8 Å². The molecule has 2 aromatic rings. The molecule has 2 rings (SSSR count). The maximum atomic E-state index is 11.6. The number of imide groups is 1. The Hall–Kier alpha value is -2.56. The van der Waals surface area contributed by atoms with Crippen LogP contribution in [0.5, 0.6) is 0 Å². The highest BCUT2D eigenvalue weighted by atomic mass is 16.4. The van der Waals surface area contributed by atoms with Gasteiger partial charge in [0, 0.05) is 18.2 Å². The molecule has 0 saturated heterocycles. The molecule has 0 bridgehead atoms. The van der Waals surface area contributed by atoms with Crippen LogP contribution < -0.4 is 11.1 Å². The third-order valence-electron chi connectivity index (χ3n) is 2.76. The maximum Gasteiger partial charge on any atom is 0.293 e. The minimum absolute atomic E-state index is 0.0898. The van der Waals surface area contributed by atoms with Gasteiger partial charge < -0.3 is 10.2 Å². The van der Waals surface area contributed by atoms with Crippen molar-refractivity contribution in [2.75, 3.05) is 5.73 Å². The molecule has 3 N–H and O–H groups in total. The minimum atomic E-state index is -0.555. The summed E-state index contributed by atoms with van der Waals surface area (Å²) in [6, 6.07) is 8.67. The van der Waals surface area contributed by atoms with E-state index in [1.165, 1.54) is 13.0 Å². The van der Waals surface area contributed by atoms with E-state index in [0.717, 1.165) is 11.1 Å². The van der Waals surface area contributed by atoms with Gasteiger partial charge in [0.1, 0.15) is 5.76 Å². The Morgan fingerprint density at radius 2 is 1.95 bits per heavy atom. The van der Waals surface area contributed by atoms with Crippen molar-refractivity contribution in [3.8, 4) is 11.3 Å². The molecule has 1 aromatic heterocycles. The molecule has 5 nitrogen and oxygen atoms in total. The Morgan fingerprint density at radius 3 is 2.63 bits per heavy atom. The van der Waals surface area contributed by atoms with Gasteiger partial charge in [-0.25, -0.2) is 0 Å². The summed E-state index contributed by atoms with van der Waals surface area (Å²) >= 11 is 0. The fourth-order valence-corrected chi connectivity index (χ4v) is 1.75. The van der Waals surface area contributed by atoms with Crippen molar-refractivity contribution in [1.82, 2.24) is 5.32 Å². The quantitative estimate of drug-likeness (QED) is 0.808. The molecule has 0 unspecified atom stereocenters. The van der Waals surface area contributed by atoms with E-state index in [1.807, 2.05) is 19.1 Å². The van der Waals surface area contributed by atoms with Crippen molar-refractivity contribution in [2.24, 2.45) is 0 Å². The van der Waals surface area contributed by atoms with E-state index < -0.39 is 11.8 Å². The number of nitrogen functional groups attached to an aromatic ring is 1. The highest BCUT2D eigenvalue weighted by Gasteiger charge is 2.14. The summed E-state index contributed by atoms with van der Waals surface area (Å²) in [5, 5.41) is 2.15. The Morgan fingerprint density at radius 1 is 1.21 bits per heavy atom. The predicted octanol–water partition coefficient (Wildman–Crippen LogP) is 2.11. The first-order chi connectivity index (χ1) is 8.99. The van der Waals surface area contributed by atoms with E-state index in [9.17, 15) is 9.59 Å². The van der Waals surface area contributed by atoms with Gasteiger partial charge in [-0.3, -0.25) is 14.9 Å². The van der Waals surface area contributed by atoms with Crippen LogP contribution in [0, 0.1) is 6.92 Å². The van der Waals surface area contributed by atoms with Crippen LogP contribution in [0.4, 0.5) is 5.69 Å². The fraction of sp³-hybridized carbons (Fsp3) is 0.143. The summed E-state index contributed by atoms with van der Waals surface area (Å²) in [6.45, 7) is 3.15. The van der Waals surface area contributed by atoms with Crippen LogP contribution >= 0.6 is 0 Å². The second-order valence-electron chi connectivity index (χ2n) is 4.19. The van der Waals surface area contributed by atoms with E-state index in [-0.39, 0.29) is 5.76 Å². The minimum Gasteiger partial charge on any atom is -0.451 e. The van der Waals surface area contributed by atoms with E-state index in [4.69, 9.17) is 10.2 Å². The smallest absolute Gasteiger partial charge is 0.293 e. The first-order valence-electron chi connectivity index (χ1n) is 5.76. The molecule has 0 fully saturated rings. The van der Waals surface area contributed by atoms with Crippen molar-refractivity contribution in [1.29, 1.82) is 0 Å². The van der Waals surface area contributed by atoms with Gasteiger partial charge >= 0.3 is 0 Å². The van der Waals surface area contributed by atoms with Crippen molar-refractivity contribution >= 4 is 17.5 Å². The van der Waals surface area contributed by atoms with Crippen molar-refractivity contribution in [2.45, 2.75) is 13.8 Å². The fourth-order valence-electron chi connectivity index (χ4n) is 1.75. The molecular weight excluding hydrogens is 244 g/mol. The zero-order chi connectivity index (χ0) is 14.0. The molecule has 0 atom stereocenters. The van der Waals surface area contributed by atoms with Gasteiger partial charge in [0.2, 0.25) is 5.91 Å². The molecule has 2 amide bonds. The summed E-state index contributed by atoms with van der Waals surface area (Å²) in [6.07, 6.45) is 0. The normalized spacial score (nSPS) is 10.2. The molecule has 5 heteroatoms. The van der Waals surface area contributed by atoms with Gasteiger partial charge in [0.15, 0.2) is 5.76 Å². The van der Waals surface area contributed by atoms with Crippen LogP contribution in [0.15, 0.2) is 34.7 Å². The van der Waals surface area contributed by atoms with Gasteiger partial charge in [-0.2, -0.15) is 0 Å². The largest absolute Gasteiger partial charge is 0.451 e. The first-order valence-corrected chi connectivity index (χ1v) is 5.76. The third kappa shape index (κ3) is 2.65. The number of amides is 2. The number of rotatable bonds is 2. The Balaban J connectivity index is 2.33. The number of furan rings is 1. The van der Waals surface area contributed by atoms with Crippen LogP contribution in [0.3, 0.4) is 0 Å². The molecule has 0 saturated carbocycles. The standard InChI is InChI=1S/C14H14N2O3/c1-8-10(4-3-5-11(8)15)12-6-7-13(19-12)14(18)16-9(2)17/h3-7H,15H2,1-2H3,(H,16,17,18). The zero-order valence-electron chi connectivity index (χ0n) is 10.7. The summed E-state index contributed by atoms with van der Waals surface area (Å²) in [5.41, 5.74) is 8.19. The predicted molar refractivity (Wildman–Crippen MR) is 71.4 cm³/mol. The van der Waals surface area contributed by atoms with E-state index in [2.05, 4.69) is 5.32 Å².